The van der Waals surface area contributed by atoms with Crippen LogP contribution in [0.4, 0.5) is 0 Å². The molecule has 6 nitrogen and oxygen atoms in total. The van der Waals surface area contributed by atoms with Crippen molar-refractivity contribution in [1.29, 1.82) is 0 Å². The van der Waals surface area contributed by atoms with Crippen LogP contribution >= 0.6 is 0 Å². The van der Waals surface area contributed by atoms with Gasteiger partial charge in [-0.15, -0.1) is 0 Å². The van der Waals surface area contributed by atoms with Gasteiger partial charge < -0.3 is 28.5 Å². The zero-order valence-electron chi connectivity index (χ0n) is 22.7. The van der Waals surface area contributed by atoms with Crippen molar-refractivity contribution >= 4 is 18.7 Å². The number of rotatable bonds is 12. The second-order valence-electron chi connectivity index (χ2n) is 10.4. The van der Waals surface area contributed by atoms with E-state index in [1.807, 2.05) is 26.0 Å². The zero-order valence-corrected chi connectivity index (χ0v) is 23.7. The van der Waals surface area contributed by atoms with Gasteiger partial charge in [0.2, 0.25) is 0 Å². The number of aliphatic hydroxyl groups excluding tert-OH is 1. The van der Waals surface area contributed by atoms with E-state index in [1.54, 1.807) is 7.11 Å². The number of ether oxygens (including phenoxy) is 4. The molecule has 2 aromatic carbocycles. The van der Waals surface area contributed by atoms with Crippen LogP contribution in [0.1, 0.15) is 47.5 Å². The van der Waals surface area contributed by atoms with Gasteiger partial charge in [-0.25, -0.2) is 0 Å². The Morgan fingerprint density at radius 3 is 1.78 bits per heavy atom. The third kappa shape index (κ3) is 6.27. The molecule has 1 saturated heterocycles. The third-order valence-corrected chi connectivity index (χ3v) is 11.8. The fourth-order valence-corrected chi connectivity index (χ4v) is 9.63. The molecule has 0 amide bonds. The predicted octanol–water partition coefficient (Wildman–Crippen LogP) is 3.89. The molecule has 0 bridgehead atoms. The van der Waals surface area contributed by atoms with Crippen molar-refractivity contribution in [2.45, 2.75) is 83.2 Å². The van der Waals surface area contributed by atoms with Crippen LogP contribution in [0.3, 0.4) is 0 Å². The quantitative estimate of drug-likeness (QED) is 0.432. The molecule has 1 unspecified atom stereocenters. The van der Waals surface area contributed by atoms with Crippen LogP contribution in [0.15, 0.2) is 60.7 Å². The molecular weight excluding hydrogens is 472 g/mol. The van der Waals surface area contributed by atoms with Crippen molar-refractivity contribution in [1.82, 2.24) is 0 Å². The smallest absolute Gasteiger partial charge is 0.261 e. The standard InChI is InChI=1S/C29H44O6Si/c1-7-19-32-26-25(30)24(35-28(31-6)27(26)33-20-8-2)21-34-36(29(3,4)5,22-15-11-9-12-16-22)23-17-13-10-14-18-23/h9-18,24-28,30H,7-8,19-21H2,1-6H3/t24-,25-,26+,27-,28?/m1/s1. The first kappa shape index (κ1) is 29.0. The van der Waals surface area contributed by atoms with Gasteiger partial charge in [0.1, 0.15) is 24.4 Å². The highest BCUT2D eigenvalue weighted by molar-refractivity contribution is 6.99. The van der Waals surface area contributed by atoms with E-state index in [2.05, 4.69) is 69.3 Å². The van der Waals surface area contributed by atoms with E-state index >= 15 is 0 Å². The average molecular weight is 517 g/mol. The summed E-state index contributed by atoms with van der Waals surface area (Å²) in [5.74, 6) is 0. The maximum atomic E-state index is 11.4. The van der Waals surface area contributed by atoms with Crippen LogP contribution < -0.4 is 10.4 Å². The van der Waals surface area contributed by atoms with Crippen LogP contribution in [0.25, 0.3) is 0 Å². The molecule has 2 aromatic rings. The molecule has 1 aliphatic rings. The van der Waals surface area contributed by atoms with E-state index < -0.39 is 39.0 Å². The van der Waals surface area contributed by atoms with Crippen molar-refractivity contribution in [2.24, 2.45) is 0 Å². The van der Waals surface area contributed by atoms with Crippen molar-refractivity contribution in [3.63, 3.8) is 0 Å². The number of hydrogen-bond donors (Lipinski definition) is 1. The Morgan fingerprint density at radius 1 is 0.833 bits per heavy atom. The highest BCUT2D eigenvalue weighted by Gasteiger charge is 2.52. The molecule has 3 rings (SSSR count). The van der Waals surface area contributed by atoms with Crippen LogP contribution in [-0.2, 0) is 23.4 Å². The first-order valence-electron chi connectivity index (χ1n) is 13.1. The van der Waals surface area contributed by atoms with Crippen molar-refractivity contribution < 1.29 is 28.5 Å². The van der Waals surface area contributed by atoms with Crippen LogP contribution in [0, 0.1) is 0 Å². The minimum Gasteiger partial charge on any atom is -0.405 e. The minimum atomic E-state index is -2.78. The lowest BCUT2D eigenvalue weighted by molar-refractivity contribution is -0.309. The number of methoxy groups -OCH3 is 1. The van der Waals surface area contributed by atoms with Gasteiger partial charge in [-0.3, -0.25) is 0 Å². The van der Waals surface area contributed by atoms with E-state index in [0.29, 0.717) is 13.2 Å². The fourth-order valence-electron chi connectivity index (χ4n) is 5.06. The molecule has 0 radical (unpaired) electrons. The molecule has 1 heterocycles. The first-order valence-corrected chi connectivity index (χ1v) is 15.1. The van der Waals surface area contributed by atoms with Gasteiger partial charge >= 0.3 is 0 Å². The summed E-state index contributed by atoms with van der Waals surface area (Å²) < 4.78 is 31.1. The summed E-state index contributed by atoms with van der Waals surface area (Å²) in [7, 11) is -1.19. The predicted molar refractivity (Wildman–Crippen MR) is 145 cm³/mol. The third-order valence-electron chi connectivity index (χ3n) is 6.76. The average Bonchev–Trinajstić information content (AvgIpc) is 2.88. The Bertz CT molecular complexity index is 848. The van der Waals surface area contributed by atoms with E-state index in [-0.39, 0.29) is 11.6 Å². The summed E-state index contributed by atoms with van der Waals surface area (Å²) in [4.78, 5) is 0. The second kappa shape index (κ2) is 13.3. The van der Waals surface area contributed by atoms with Crippen molar-refractivity contribution in [2.75, 3.05) is 26.9 Å². The van der Waals surface area contributed by atoms with Crippen molar-refractivity contribution in [3.8, 4) is 0 Å². The molecule has 0 spiro atoms. The summed E-state index contributed by atoms with van der Waals surface area (Å²) in [6.45, 7) is 12.1. The van der Waals surface area contributed by atoms with E-state index in [9.17, 15) is 5.11 Å². The molecule has 1 aliphatic heterocycles. The molecular formula is C29H44O6Si. The molecule has 0 aromatic heterocycles. The Kier molecular flexibility index (Phi) is 10.7. The topological polar surface area (TPSA) is 66.4 Å². The highest BCUT2D eigenvalue weighted by Crippen LogP contribution is 2.37. The first-order chi connectivity index (χ1) is 17.3. The summed E-state index contributed by atoms with van der Waals surface area (Å²) in [6.07, 6.45) is -1.59. The summed E-state index contributed by atoms with van der Waals surface area (Å²) in [5, 5.41) is 13.6. The molecule has 36 heavy (non-hydrogen) atoms. The monoisotopic (exact) mass is 516 g/mol. The largest absolute Gasteiger partial charge is 0.405 e. The molecule has 1 N–H and O–H groups in total. The SMILES string of the molecule is CCCO[C@H]1[C@H](O)[C@@H](CO[Si](c2ccccc2)(c2ccccc2)C(C)(C)C)OC(OC)[C@@H]1OCCC. The Labute approximate surface area is 218 Å². The lowest BCUT2D eigenvalue weighted by Gasteiger charge is -2.47. The maximum absolute atomic E-state index is 11.4. The van der Waals surface area contributed by atoms with Crippen LogP contribution in [0.5, 0.6) is 0 Å². The summed E-state index contributed by atoms with van der Waals surface area (Å²) in [6, 6.07) is 20.9. The van der Waals surface area contributed by atoms with Crippen molar-refractivity contribution in [3.05, 3.63) is 60.7 Å². The number of aliphatic hydroxyl groups is 1. The number of hydrogen-bond acceptors (Lipinski definition) is 6. The van der Waals surface area contributed by atoms with E-state index in [0.717, 1.165) is 12.8 Å². The van der Waals surface area contributed by atoms with Crippen LogP contribution in [-0.4, -0.2) is 71.1 Å². The Morgan fingerprint density at radius 2 is 1.33 bits per heavy atom. The van der Waals surface area contributed by atoms with E-state index in [1.165, 1.54) is 10.4 Å². The summed E-state index contributed by atoms with van der Waals surface area (Å²) in [5.41, 5.74) is 0. The lowest BCUT2D eigenvalue weighted by atomic mass is 9.98. The van der Waals surface area contributed by atoms with Gasteiger partial charge in [0.25, 0.3) is 8.32 Å². The molecule has 0 saturated carbocycles. The van der Waals surface area contributed by atoms with Gasteiger partial charge in [0, 0.05) is 20.3 Å². The molecule has 0 aliphatic carbocycles. The fraction of sp³-hybridized carbons (Fsp3) is 0.586. The molecule has 5 atom stereocenters. The molecule has 200 valence electrons. The Hall–Kier alpha value is -1.58. The zero-order chi connectivity index (χ0) is 26.2. The van der Waals surface area contributed by atoms with Gasteiger partial charge in [-0.1, -0.05) is 95.3 Å². The van der Waals surface area contributed by atoms with Crippen LogP contribution in [0.2, 0.25) is 5.04 Å². The van der Waals surface area contributed by atoms with Gasteiger partial charge in [-0.2, -0.15) is 0 Å². The van der Waals surface area contributed by atoms with E-state index in [4.69, 9.17) is 23.4 Å². The normalized spacial score (nSPS) is 25.1. The minimum absolute atomic E-state index is 0.180. The summed E-state index contributed by atoms with van der Waals surface area (Å²) >= 11 is 0. The second-order valence-corrected chi connectivity index (χ2v) is 14.7. The highest BCUT2D eigenvalue weighted by atomic mass is 28.4. The van der Waals surface area contributed by atoms with Gasteiger partial charge in [0.15, 0.2) is 6.29 Å². The Balaban J connectivity index is 1.96. The van der Waals surface area contributed by atoms with Gasteiger partial charge in [0.05, 0.1) is 6.61 Å². The molecule has 7 heteroatoms. The molecule has 1 fully saturated rings. The van der Waals surface area contributed by atoms with Gasteiger partial charge in [-0.05, 0) is 28.3 Å². The maximum Gasteiger partial charge on any atom is 0.261 e. The number of benzene rings is 2. The lowest BCUT2D eigenvalue weighted by Crippen LogP contribution is -2.68.